The lowest BCUT2D eigenvalue weighted by molar-refractivity contribution is -0.0855. The monoisotopic (exact) mass is 466 g/mol. The average molecular weight is 466 g/mol. The molecule has 1 aromatic heterocycles. The largest absolute Gasteiger partial charge is 0.443 e. The molecule has 1 aromatic rings. The predicted molar refractivity (Wildman–Crippen MR) is 109 cm³/mol. The minimum Gasteiger partial charge on any atom is -0.443 e. The van der Waals surface area contributed by atoms with Crippen LogP contribution in [-0.4, -0.2) is 50.5 Å². The molecule has 144 valence electrons. The van der Waals surface area contributed by atoms with E-state index in [-0.39, 0.29) is 35.0 Å². The molecule has 2 heterocycles. The first-order chi connectivity index (χ1) is 11.4. The highest BCUT2D eigenvalue weighted by Gasteiger charge is 2.32. The van der Waals surface area contributed by atoms with Gasteiger partial charge < -0.3 is 24.5 Å². The summed E-state index contributed by atoms with van der Waals surface area (Å²) in [5.41, 5.74) is -0.239. The molecule has 1 fully saturated rings. The van der Waals surface area contributed by atoms with Crippen molar-refractivity contribution in [2.75, 3.05) is 33.9 Å². The molecule has 0 radical (unpaired) electrons. The Morgan fingerprint density at radius 1 is 1.32 bits per heavy atom. The van der Waals surface area contributed by atoms with Crippen LogP contribution in [0.3, 0.4) is 0 Å². The number of nitrogens with one attached hydrogen (secondary N) is 2. The number of oxazole rings is 1. The molecule has 8 heteroatoms. The number of halogens is 1. The van der Waals surface area contributed by atoms with Gasteiger partial charge in [-0.15, -0.1) is 24.0 Å². The molecule has 0 saturated carbocycles. The molecule has 0 atom stereocenters. The van der Waals surface area contributed by atoms with E-state index in [1.807, 2.05) is 0 Å². The zero-order valence-electron chi connectivity index (χ0n) is 15.8. The fourth-order valence-electron chi connectivity index (χ4n) is 2.56. The van der Waals surface area contributed by atoms with Crippen molar-refractivity contribution >= 4 is 29.9 Å². The number of ether oxygens (including phenoxy) is 2. The molecule has 1 aliphatic heterocycles. The summed E-state index contributed by atoms with van der Waals surface area (Å²) in [4.78, 5) is 8.56. The molecule has 1 saturated heterocycles. The second-order valence-corrected chi connectivity index (χ2v) is 7.15. The van der Waals surface area contributed by atoms with E-state index in [1.165, 1.54) is 0 Å². The third-order valence-electron chi connectivity index (χ3n) is 4.34. The van der Waals surface area contributed by atoms with Crippen LogP contribution in [0.15, 0.2) is 15.6 Å². The summed E-state index contributed by atoms with van der Waals surface area (Å²) in [5, 5.41) is 6.55. The number of methoxy groups -OCH3 is 1. The number of hydrogen-bond acceptors (Lipinski definition) is 5. The van der Waals surface area contributed by atoms with Gasteiger partial charge in [-0.05, 0) is 0 Å². The molecule has 0 unspecified atom stereocenters. The molecule has 25 heavy (non-hydrogen) atoms. The van der Waals surface area contributed by atoms with Crippen LogP contribution >= 0.6 is 24.0 Å². The second kappa shape index (κ2) is 9.72. The van der Waals surface area contributed by atoms with Crippen molar-refractivity contribution in [3.8, 4) is 0 Å². The highest BCUT2D eigenvalue weighted by atomic mass is 127. The van der Waals surface area contributed by atoms with Crippen molar-refractivity contribution in [1.82, 2.24) is 15.6 Å². The normalized spacial score (nSPS) is 17.7. The number of nitrogens with zero attached hydrogens (tertiary/aromatic N) is 2. The third-order valence-corrected chi connectivity index (χ3v) is 4.34. The van der Waals surface area contributed by atoms with E-state index in [9.17, 15) is 0 Å². The lowest BCUT2D eigenvalue weighted by atomic mass is 9.94. The fourth-order valence-corrected chi connectivity index (χ4v) is 2.56. The van der Waals surface area contributed by atoms with Crippen LogP contribution in [0.5, 0.6) is 0 Å². The number of rotatable bonds is 5. The maximum Gasteiger partial charge on any atom is 0.213 e. The Labute approximate surface area is 167 Å². The molecule has 0 spiro atoms. The minimum absolute atomic E-state index is 0. The van der Waals surface area contributed by atoms with Gasteiger partial charge in [-0.25, -0.2) is 4.98 Å². The third kappa shape index (κ3) is 6.41. The SMILES string of the molecule is CN=C(NCc1ncc(C(C)(C)C)o1)NCC1(OC)CCOCC1.I. The maximum absolute atomic E-state index is 5.78. The Bertz CT molecular complexity index is 548. The lowest BCUT2D eigenvalue weighted by Gasteiger charge is -2.36. The predicted octanol–water partition coefficient (Wildman–Crippen LogP) is 2.45. The molecule has 2 rings (SSSR count). The highest BCUT2D eigenvalue weighted by molar-refractivity contribution is 14.0. The zero-order chi connectivity index (χ0) is 17.6. The summed E-state index contributed by atoms with van der Waals surface area (Å²) in [6.07, 6.45) is 3.54. The summed E-state index contributed by atoms with van der Waals surface area (Å²) < 4.78 is 16.9. The molecular formula is C17H31IN4O3. The first-order valence-corrected chi connectivity index (χ1v) is 8.41. The van der Waals surface area contributed by atoms with Crippen molar-refractivity contribution in [3.05, 3.63) is 17.8 Å². The molecule has 0 aliphatic carbocycles. The summed E-state index contributed by atoms with van der Waals surface area (Å²) in [6.45, 7) is 8.93. The Balaban J connectivity index is 0.00000312. The van der Waals surface area contributed by atoms with E-state index in [2.05, 4.69) is 41.4 Å². The fraction of sp³-hybridized carbons (Fsp3) is 0.765. The van der Waals surface area contributed by atoms with Gasteiger partial charge in [-0.2, -0.15) is 0 Å². The van der Waals surface area contributed by atoms with Gasteiger partial charge in [0.15, 0.2) is 5.96 Å². The molecule has 7 nitrogen and oxygen atoms in total. The van der Waals surface area contributed by atoms with Gasteiger partial charge in [0.05, 0.1) is 18.3 Å². The molecule has 1 aliphatic rings. The van der Waals surface area contributed by atoms with E-state index in [1.54, 1.807) is 20.4 Å². The summed E-state index contributed by atoms with van der Waals surface area (Å²) in [5.74, 6) is 2.23. The average Bonchev–Trinajstić information content (AvgIpc) is 3.05. The van der Waals surface area contributed by atoms with Gasteiger partial charge in [0, 0.05) is 52.2 Å². The van der Waals surface area contributed by atoms with Crippen LogP contribution in [0.1, 0.15) is 45.3 Å². The number of hydrogen-bond donors (Lipinski definition) is 2. The molecular weight excluding hydrogens is 435 g/mol. The smallest absolute Gasteiger partial charge is 0.213 e. The van der Waals surface area contributed by atoms with Crippen molar-refractivity contribution in [2.45, 2.75) is 51.2 Å². The van der Waals surface area contributed by atoms with Crippen molar-refractivity contribution in [1.29, 1.82) is 0 Å². The van der Waals surface area contributed by atoms with E-state index in [0.29, 0.717) is 24.9 Å². The standard InChI is InChI=1S/C17H30N4O3.HI/c1-16(2,3)13-10-19-14(24-13)11-20-15(18-4)21-12-17(22-5)6-8-23-9-7-17;/h10H,6-9,11-12H2,1-5H3,(H2,18,20,21);1H. The van der Waals surface area contributed by atoms with E-state index in [4.69, 9.17) is 13.9 Å². The van der Waals surface area contributed by atoms with E-state index < -0.39 is 0 Å². The topological polar surface area (TPSA) is 80.9 Å². The maximum atomic E-state index is 5.78. The van der Waals surface area contributed by atoms with Crippen LogP contribution in [0.2, 0.25) is 0 Å². The van der Waals surface area contributed by atoms with Crippen LogP contribution < -0.4 is 10.6 Å². The molecule has 0 bridgehead atoms. The van der Waals surface area contributed by atoms with Crippen molar-refractivity contribution in [2.24, 2.45) is 4.99 Å². The second-order valence-electron chi connectivity index (χ2n) is 7.15. The van der Waals surface area contributed by atoms with Crippen molar-refractivity contribution in [3.63, 3.8) is 0 Å². The molecule has 2 N–H and O–H groups in total. The van der Waals surface area contributed by atoms with Gasteiger partial charge in [-0.3, -0.25) is 4.99 Å². The van der Waals surface area contributed by atoms with Crippen molar-refractivity contribution < 1.29 is 13.9 Å². The van der Waals surface area contributed by atoms with E-state index in [0.717, 1.165) is 31.8 Å². The lowest BCUT2D eigenvalue weighted by Crippen LogP contribution is -2.50. The Morgan fingerprint density at radius 3 is 2.52 bits per heavy atom. The summed E-state index contributed by atoms with van der Waals surface area (Å²) in [7, 11) is 3.50. The quantitative estimate of drug-likeness (QED) is 0.394. The Morgan fingerprint density at radius 2 is 2.00 bits per heavy atom. The van der Waals surface area contributed by atoms with Crippen LogP contribution in [-0.2, 0) is 21.4 Å². The highest BCUT2D eigenvalue weighted by Crippen LogP contribution is 2.24. The first kappa shape index (κ1) is 22.2. The van der Waals surface area contributed by atoms with Crippen LogP contribution in [0, 0.1) is 0 Å². The zero-order valence-corrected chi connectivity index (χ0v) is 18.2. The van der Waals surface area contributed by atoms with Gasteiger partial charge in [0.25, 0.3) is 0 Å². The van der Waals surface area contributed by atoms with Gasteiger partial charge >= 0.3 is 0 Å². The summed E-state index contributed by atoms with van der Waals surface area (Å²) in [6, 6.07) is 0. The van der Waals surface area contributed by atoms with Gasteiger partial charge in [0.1, 0.15) is 5.76 Å². The number of aromatic nitrogens is 1. The number of guanidine groups is 1. The van der Waals surface area contributed by atoms with E-state index >= 15 is 0 Å². The van der Waals surface area contributed by atoms with Crippen LogP contribution in [0.25, 0.3) is 0 Å². The molecule has 0 amide bonds. The first-order valence-electron chi connectivity index (χ1n) is 8.41. The minimum atomic E-state index is -0.196. The van der Waals surface area contributed by atoms with Gasteiger partial charge in [0.2, 0.25) is 5.89 Å². The molecule has 0 aromatic carbocycles. The Hall–Kier alpha value is -0.870. The number of aliphatic imine (C=N–C) groups is 1. The van der Waals surface area contributed by atoms with Gasteiger partial charge in [-0.1, -0.05) is 20.8 Å². The summed E-state index contributed by atoms with van der Waals surface area (Å²) >= 11 is 0. The van der Waals surface area contributed by atoms with Crippen LogP contribution in [0.4, 0.5) is 0 Å². The Kier molecular flexibility index (Phi) is 8.62.